The molecule has 0 amide bonds. The number of aliphatic carboxylic acids is 1. The van der Waals surface area contributed by atoms with Crippen LogP contribution in [0.3, 0.4) is 0 Å². The van der Waals surface area contributed by atoms with Crippen LogP contribution in [-0.4, -0.2) is 43.1 Å². The van der Waals surface area contributed by atoms with Gasteiger partial charge in [-0.05, 0) is 18.0 Å². The SMILES string of the molecule is CC(OC[C@@H](C[Si](c1ccccc1)(c1ccccc1)C(C)(C)C)O[N+](=O)[O-])C(=O)O. The zero-order valence-corrected chi connectivity index (χ0v) is 18.8. The molecule has 1 unspecified atom stereocenters. The van der Waals surface area contributed by atoms with Crippen LogP contribution in [0, 0.1) is 10.1 Å². The summed E-state index contributed by atoms with van der Waals surface area (Å²) < 4.78 is 5.39. The molecule has 0 spiro atoms. The van der Waals surface area contributed by atoms with Gasteiger partial charge < -0.3 is 14.7 Å². The number of carboxylic acid groups (broad SMARTS) is 1. The molecule has 30 heavy (non-hydrogen) atoms. The molecule has 2 rings (SSSR count). The van der Waals surface area contributed by atoms with Crippen LogP contribution in [0.25, 0.3) is 0 Å². The van der Waals surface area contributed by atoms with Crippen molar-refractivity contribution in [2.75, 3.05) is 6.61 Å². The van der Waals surface area contributed by atoms with Crippen LogP contribution < -0.4 is 10.4 Å². The minimum Gasteiger partial charge on any atom is -0.479 e. The Morgan fingerprint density at radius 2 is 1.53 bits per heavy atom. The van der Waals surface area contributed by atoms with E-state index in [0.717, 1.165) is 10.4 Å². The Bertz CT molecular complexity index is 798. The third kappa shape index (κ3) is 5.46. The van der Waals surface area contributed by atoms with Crippen molar-refractivity contribution in [3.8, 4) is 0 Å². The smallest absolute Gasteiger partial charge is 0.332 e. The third-order valence-electron chi connectivity index (χ3n) is 5.46. The van der Waals surface area contributed by atoms with Crippen molar-refractivity contribution >= 4 is 24.4 Å². The Hall–Kier alpha value is -2.71. The van der Waals surface area contributed by atoms with E-state index in [-0.39, 0.29) is 11.6 Å². The number of benzene rings is 2. The lowest BCUT2D eigenvalue weighted by atomic mass is 10.2. The predicted octanol–water partition coefficient (Wildman–Crippen LogP) is 3.12. The zero-order valence-electron chi connectivity index (χ0n) is 17.8. The second kappa shape index (κ2) is 9.86. The molecular weight excluding hydrogens is 402 g/mol. The molecule has 2 aromatic carbocycles. The maximum Gasteiger partial charge on any atom is 0.332 e. The highest BCUT2D eigenvalue weighted by atomic mass is 28.3. The molecule has 0 aliphatic heterocycles. The normalized spacial score (nSPS) is 14.0. The fourth-order valence-corrected chi connectivity index (χ4v) is 9.48. The van der Waals surface area contributed by atoms with Gasteiger partial charge in [0.15, 0.2) is 6.10 Å². The number of hydrogen-bond donors (Lipinski definition) is 1. The van der Waals surface area contributed by atoms with Crippen LogP contribution in [0.15, 0.2) is 60.7 Å². The molecule has 7 nitrogen and oxygen atoms in total. The highest BCUT2D eigenvalue weighted by Crippen LogP contribution is 2.39. The van der Waals surface area contributed by atoms with Crippen LogP contribution in [0.5, 0.6) is 0 Å². The lowest BCUT2D eigenvalue weighted by Gasteiger charge is -2.45. The Balaban J connectivity index is 2.56. The maximum atomic E-state index is 11.2. The quantitative estimate of drug-likeness (QED) is 0.353. The fourth-order valence-electron chi connectivity index (χ4n) is 3.93. The molecule has 0 saturated heterocycles. The van der Waals surface area contributed by atoms with Crippen LogP contribution in [0.1, 0.15) is 27.7 Å². The molecule has 0 heterocycles. The summed E-state index contributed by atoms with van der Waals surface area (Å²) in [5.74, 6) is -1.12. The summed E-state index contributed by atoms with van der Waals surface area (Å²) in [4.78, 5) is 27.4. The summed E-state index contributed by atoms with van der Waals surface area (Å²) in [7, 11) is -2.64. The Morgan fingerprint density at radius 1 is 1.07 bits per heavy atom. The standard InChI is InChI=1S/C22H29NO6Si/c1-17(21(24)25)28-15-18(29-23(26)27)16-30(22(2,3)4,19-11-7-5-8-12-19)20-13-9-6-10-14-20/h5-14,17-18H,15-16H2,1-4H3,(H,24,25)/t17?,18-/m0/s1. The Morgan fingerprint density at radius 3 is 1.90 bits per heavy atom. The first kappa shape index (κ1) is 23.6. The molecule has 0 fully saturated rings. The number of rotatable bonds is 10. The van der Waals surface area contributed by atoms with Gasteiger partial charge in [0.1, 0.15) is 14.2 Å². The molecule has 0 aliphatic carbocycles. The van der Waals surface area contributed by atoms with E-state index in [0.29, 0.717) is 6.04 Å². The van der Waals surface area contributed by atoms with Gasteiger partial charge >= 0.3 is 5.97 Å². The van der Waals surface area contributed by atoms with Crippen molar-refractivity contribution in [2.45, 2.75) is 51.0 Å². The van der Waals surface area contributed by atoms with E-state index in [4.69, 9.17) is 14.7 Å². The first-order chi connectivity index (χ1) is 14.1. The van der Waals surface area contributed by atoms with E-state index in [1.165, 1.54) is 6.92 Å². The van der Waals surface area contributed by atoms with E-state index in [2.05, 4.69) is 45.0 Å². The number of carboxylic acids is 1. The number of ether oxygens (including phenoxy) is 1. The molecule has 0 radical (unpaired) electrons. The van der Waals surface area contributed by atoms with Crippen LogP contribution in [-0.2, 0) is 14.4 Å². The zero-order chi connectivity index (χ0) is 22.4. The third-order valence-corrected chi connectivity index (χ3v) is 11.7. The van der Waals surface area contributed by atoms with Crippen molar-refractivity contribution in [2.24, 2.45) is 0 Å². The molecule has 0 aliphatic rings. The average molecular weight is 432 g/mol. The van der Waals surface area contributed by atoms with Crippen LogP contribution in [0.4, 0.5) is 0 Å². The van der Waals surface area contributed by atoms with Gasteiger partial charge in [-0.25, -0.2) is 4.79 Å². The second-order valence-electron chi connectivity index (χ2n) is 8.36. The number of hydrogen-bond acceptors (Lipinski definition) is 5. The van der Waals surface area contributed by atoms with Crippen molar-refractivity contribution in [1.82, 2.24) is 0 Å². The second-order valence-corrected chi connectivity index (χ2v) is 13.2. The lowest BCUT2D eigenvalue weighted by Crippen LogP contribution is -2.66. The summed E-state index contributed by atoms with van der Waals surface area (Å²) >= 11 is 0. The van der Waals surface area contributed by atoms with Crippen molar-refractivity contribution < 1.29 is 24.6 Å². The van der Waals surface area contributed by atoms with Crippen molar-refractivity contribution in [1.29, 1.82) is 0 Å². The van der Waals surface area contributed by atoms with Gasteiger partial charge in [-0.3, -0.25) is 0 Å². The molecule has 8 heteroatoms. The Labute approximate surface area is 177 Å². The number of carbonyl (C=O) groups is 1. The minimum absolute atomic E-state index is 0.182. The van der Waals surface area contributed by atoms with Gasteiger partial charge in [0.2, 0.25) is 0 Å². The topological polar surface area (TPSA) is 98.9 Å². The largest absolute Gasteiger partial charge is 0.479 e. The van der Waals surface area contributed by atoms with Crippen LogP contribution in [0.2, 0.25) is 11.1 Å². The predicted molar refractivity (Wildman–Crippen MR) is 117 cm³/mol. The van der Waals surface area contributed by atoms with Crippen molar-refractivity contribution in [3.05, 3.63) is 70.8 Å². The summed E-state index contributed by atoms with van der Waals surface area (Å²) in [5, 5.41) is 21.6. The minimum atomic E-state index is -2.64. The molecule has 162 valence electrons. The Kier molecular flexibility index (Phi) is 7.75. The molecule has 0 saturated carbocycles. The van der Waals surface area contributed by atoms with Gasteiger partial charge in [-0.2, -0.15) is 0 Å². The van der Waals surface area contributed by atoms with E-state index in [1.807, 2.05) is 36.4 Å². The van der Waals surface area contributed by atoms with E-state index >= 15 is 0 Å². The summed E-state index contributed by atoms with van der Waals surface area (Å²) in [6.45, 7) is 7.64. The average Bonchev–Trinajstić information content (AvgIpc) is 2.69. The lowest BCUT2D eigenvalue weighted by molar-refractivity contribution is -0.768. The maximum absolute atomic E-state index is 11.2. The summed E-state index contributed by atoms with van der Waals surface area (Å²) in [6, 6.07) is 20.4. The van der Waals surface area contributed by atoms with E-state index < -0.39 is 31.3 Å². The van der Waals surface area contributed by atoms with Gasteiger partial charge in [-0.15, -0.1) is 10.1 Å². The molecule has 0 bridgehead atoms. The van der Waals surface area contributed by atoms with Gasteiger partial charge in [0.05, 0.1) is 6.61 Å². The van der Waals surface area contributed by atoms with Gasteiger partial charge in [0, 0.05) is 0 Å². The highest BCUT2D eigenvalue weighted by Gasteiger charge is 2.49. The van der Waals surface area contributed by atoms with E-state index in [9.17, 15) is 14.9 Å². The summed E-state index contributed by atoms with van der Waals surface area (Å²) in [5.41, 5.74) is 0. The monoisotopic (exact) mass is 431 g/mol. The molecule has 1 N–H and O–H groups in total. The molecular formula is C22H29NO6Si. The molecule has 0 aromatic heterocycles. The number of nitrogens with zero attached hydrogens (tertiary/aromatic N) is 1. The van der Waals surface area contributed by atoms with Crippen molar-refractivity contribution in [3.63, 3.8) is 0 Å². The van der Waals surface area contributed by atoms with Gasteiger partial charge in [0.25, 0.3) is 5.09 Å². The first-order valence-electron chi connectivity index (χ1n) is 9.84. The summed E-state index contributed by atoms with van der Waals surface area (Å²) in [6.07, 6.45) is -1.98. The highest BCUT2D eigenvalue weighted by molar-refractivity contribution is 7.04. The van der Waals surface area contributed by atoms with Crippen LogP contribution >= 0.6 is 0 Å². The van der Waals surface area contributed by atoms with E-state index in [1.54, 1.807) is 0 Å². The molecule has 2 atom stereocenters. The molecule has 2 aromatic rings. The van der Waals surface area contributed by atoms with Gasteiger partial charge in [-0.1, -0.05) is 91.8 Å². The first-order valence-corrected chi connectivity index (χ1v) is 12.1. The fraction of sp³-hybridized carbons (Fsp3) is 0.409.